The van der Waals surface area contributed by atoms with Gasteiger partial charge in [-0.05, 0) is 18.6 Å². The molecule has 0 aliphatic rings. The first-order valence-corrected chi connectivity index (χ1v) is 6.75. The fraction of sp³-hybridized carbons (Fsp3) is 0.571. The van der Waals surface area contributed by atoms with Crippen molar-refractivity contribution in [3.63, 3.8) is 0 Å². The van der Waals surface area contributed by atoms with E-state index in [1.165, 1.54) is 0 Å². The topological polar surface area (TPSA) is 50.7 Å². The number of methoxy groups -OCH3 is 1. The molecule has 1 rings (SSSR count). The molecule has 0 aromatic heterocycles. The van der Waals surface area contributed by atoms with Crippen molar-refractivity contribution in [1.82, 2.24) is 5.32 Å². The molecule has 0 saturated carbocycles. The second-order valence-corrected chi connectivity index (χ2v) is 4.78. The van der Waals surface area contributed by atoms with E-state index in [0.717, 1.165) is 10.6 Å². The van der Waals surface area contributed by atoms with Crippen molar-refractivity contribution in [3.05, 3.63) is 34.9 Å². The molecular weight excluding hydrogens is 266 g/mol. The quantitative estimate of drug-likeness (QED) is 0.682. The van der Waals surface area contributed by atoms with Crippen LogP contribution in [0.25, 0.3) is 0 Å². The molecule has 0 aliphatic heterocycles. The molecular formula is C14H22ClNO3. The average molecular weight is 288 g/mol. The third-order valence-corrected chi connectivity index (χ3v) is 3.12. The van der Waals surface area contributed by atoms with Crippen LogP contribution in [0.15, 0.2) is 24.3 Å². The molecule has 5 heteroatoms. The van der Waals surface area contributed by atoms with Crippen LogP contribution >= 0.6 is 11.6 Å². The van der Waals surface area contributed by atoms with E-state index in [0.29, 0.717) is 26.4 Å². The molecule has 19 heavy (non-hydrogen) atoms. The van der Waals surface area contributed by atoms with Crippen molar-refractivity contribution >= 4 is 11.6 Å². The lowest BCUT2D eigenvalue weighted by Gasteiger charge is -2.18. The zero-order chi connectivity index (χ0) is 14.1. The van der Waals surface area contributed by atoms with Gasteiger partial charge in [0.1, 0.15) is 0 Å². The van der Waals surface area contributed by atoms with Gasteiger partial charge in [0, 0.05) is 24.7 Å². The Bertz CT molecular complexity index is 362. The van der Waals surface area contributed by atoms with Gasteiger partial charge in [0.25, 0.3) is 0 Å². The molecule has 1 unspecified atom stereocenters. The molecule has 4 nitrogen and oxygen atoms in total. The highest BCUT2D eigenvalue weighted by atomic mass is 35.5. The Labute approximate surface area is 119 Å². The zero-order valence-corrected chi connectivity index (χ0v) is 12.2. The maximum atomic E-state index is 9.75. The van der Waals surface area contributed by atoms with Gasteiger partial charge >= 0.3 is 0 Å². The summed E-state index contributed by atoms with van der Waals surface area (Å²) in [5.74, 6) is 0. The van der Waals surface area contributed by atoms with E-state index < -0.39 is 6.10 Å². The summed E-state index contributed by atoms with van der Waals surface area (Å²) < 4.78 is 10.1. The Kier molecular flexibility index (Phi) is 8.02. The Morgan fingerprint density at radius 3 is 2.74 bits per heavy atom. The van der Waals surface area contributed by atoms with Gasteiger partial charge < -0.3 is 19.9 Å². The number of hydrogen-bond donors (Lipinski definition) is 2. The van der Waals surface area contributed by atoms with Gasteiger partial charge in [-0.15, -0.1) is 0 Å². The van der Waals surface area contributed by atoms with Gasteiger partial charge in [0.2, 0.25) is 0 Å². The van der Waals surface area contributed by atoms with Gasteiger partial charge in [-0.3, -0.25) is 0 Å². The second-order valence-electron chi connectivity index (χ2n) is 4.37. The lowest BCUT2D eigenvalue weighted by molar-refractivity contribution is 0.0130. The molecule has 0 heterocycles. The molecule has 0 radical (unpaired) electrons. The summed E-state index contributed by atoms with van der Waals surface area (Å²) in [6.45, 7) is 3.80. The van der Waals surface area contributed by atoms with Crippen molar-refractivity contribution in [2.24, 2.45) is 0 Å². The maximum absolute atomic E-state index is 9.75. The fourth-order valence-electron chi connectivity index (χ4n) is 1.67. The van der Waals surface area contributed by atoms with Crippen LogP contribution < -0.4 is 5.32 Å². The predicted octanol–water partition coefficient (Wildman–Crippen LogP) is 2.01. The molecule has 0 spiro atoms. The van der Waals surface area contributed by atoms with Crippen molar-refractivity contribution in [2.75, 3.05) is 33.5 Å². The molecule has 0 fully saturated rings. The molecule has 0 bridgehead atoms. The first-order valence-electron chi connectivity index (χ1n) is 6.37. The van der Waals surface area contributed by atoms with Crippen LogP contribution in [0.2, 0.25) is 5.02 Å². The summed E-state index contributed by atoms with van der Waals surface area (Å²) in [6.07, 6.45) is -0.540. The number of rotatable bonds is 9. The number of nitrogens with one attached hydrogen (secondary N) is 1. The minimum Gasteiger partial charge on any atom is -0.389 e. The van der Waals surface area contributed by atoms with E-state index in [9.17, 15) is 5.11 Å². The van der Waals surface area contributed by atoms with E-state index in [2.05, 4.69) is 5.32 Å². The van der Waals surface area contributed by atoms with Crippen LogP contribution in [0.4, 0.5) is 0 Å². The van der Waals surface area contributed by atoms with Crippen LogP contribution in [0.5, 0.6) is 0 Å². The number of benzene rings is 1. The summed E-state index contributed by atoms with van der Waals surface area (Å²) in [5.41, 5.74) is 1.02. The molecule has 0 saturated heterocycles. The third-order valence-electron chi connectivity index (χ3n) is 2.77. The van der Waals surface area contributed by atoms with Gasteiger partial charge in [-0.1, -0.05) is 29.8 Å². The van der Waals surface area contributed by atoms with Crippen LogP contribution in [-0.4, -0.2) is 44.7 Å². The van der Waals surface area contributed by atoms with Crippen molar-refractivity contribution < 1.29 is 14.6 Å². The number of hydrogen-bond acceptors (Lipinski definition) is 4. The van der Waals surface area contributed by atoms with E-state index in [1.807, 2.05) is 31.2 Å². The minimum atomic E-state index is -0.540. The smallest absolute Gasteiger partial charge is 0.0897 e. The van der Waals surface area contributed by atoms with Crippen LogP contribution in [0.1, 0.15) is 18.5 Å². The van der Waals surface area contributed by atoms with Gasteiger partial charge in [0.15, 0.2) is 0 Å². The van der Waals surface area contributed by atoms with Gasteiger partial charge in [-0.2, -0.15) is 0 Å². The van der Waals surface area contributed by atoms with Gasteiger partial charge in [0.05, 0.1) is 25.9 Å². The first kappa shape index (κ1) is 16.4. The highest BCUT2D eigenvalue weighted by Crippen LogP contribution is 2.21. The van der Waals surface area contributed by atoms with E-state index >= 15 is 0 Å². The Morgan fingerprint density at radius 2 is 2.05 bits per heavy atom. The maximum Gasteiger partial charge on any atom is 0.0897 e. The second kappa shape index (κ2) is 9.28. The molecule has 108 valence electrons. The number of aliphatic hydroxyl groups excluding tert-OH is 1. The molecule has 0 aliphatic carbocycles. The largest absolute Gasteiger partial charge is 0.389 e. The van der Waals surface area contributed by atoms with Crippen LogP contribution in [0, 0.1) is 0 Å². The molecule has 2 N–H and O–H groups in total. The predicted molar refractivity (Wildman–Crippen MR) is 76.6 cm³/mol. The molecule has 2 atom stereocenters. The van der Waals surface area contributed by atoms with E-state index in [1.54, 1.807) is 7.11 Å². The number of halogens is 1. The summed E-state index contributed by atoms with van der Waals surface area (Å²) >= 11 is 6.11. The third kappa shape index (κ3) is 6.36. The first-order chi connectivity index (χ1) is 9.15. The zero-order valence-electron chi connectivity index (χ0n) is 11.4. The van der Waals surface area contributed by atoms with Crippen molar-refractivity contribution in [3.8, 4) is 0 Å². The molecule has 1 aromatic carbocycles. The van der Waals surface area contributed by atoms with Crippen molar-refractivity contribution in [2.45, 2.75) is 19.1 Å². The SMILES string of the molecule is COCCOCC(O)CN[C@@H](C)c1ccccc1Cl. The van der Waals surface area contributed by atoms with Crippen molar-refractivity contribution in [1.29, 1.82) is 0 Å². The van der Waals surface area contributed by atoms with E-state index in [-0.39, 0.29) is 6.04 Å². The van der Waals surface area contributed by atoms with Gasteiger partial charge in [-0.25, -0.2) is 0 Å². The Morgan fingerprint density at radius 1 is 1.32 bits per heavy atom. The Hall–Kier alpha value is -0.650. The summed E-state index contributed by atoms with van der Waals surface area (Å²) in [6, 6.07) is 7.77. The summed E-state index contributed by atoms with van der Waals surface area (Å²) in [7, 11) is 1.62. The number of aliphatic hydroxyl groups is 1. The summed E-state index contributed by atoms with van der Waals surface area (Å²) in [4.78, 5) is 0. The molecule has 1 aromatic rings. The van der Waals surface area contributed by atoms with Crippen LogP contribution in [0.3, 0.4) is 0 Å². The Balaban J connectivity index is 2.26. The van der Waals surface area contributed by atoms with E-state index in [4.69, 9.17) is 21.1 Å². The molecule has 0 amide bonds. The monoisotopic (exact) mass is 287 g/mol. The van der Waals surface area contributed by atoms with Crippen LogP contribution in [-0.2, 0) is 9.47 Å². The highest BCUT2D eigenvalue weighted by Gasteiger charge is 2.11. The lowest BCUT2D eigenvalue weighted by atomic mass is 10.1. The number of ether oxygens (including phenoxy) is 2. The fourth-order valence-corrected chi connectivity index (χ4v) is 1.97. The minimum absolute atomic E-state index is 0.0855. The standard InChI is InChI=1S/C14H22ClNO3/c1-11(13-5-3-4-6-14(13)15)16-9-12(17)10-19-8-7-18-2/h3-6,11-12,16-17H,7-10H2,1-2H3/t11-,12?/m0/s1. The highest BCUT2D eigenvalue weighted by molar-refractivity contribution is 6.31. The lowest BCUT2D eigenvalue weighted by Crippen LogP contribution is -2.32. The summed E-state index contributed by atoms with van der Waals surface area (Å²) in [5, 5.41) is 13.7. The average Bonchev–Trinajstić information content (AvgIpc) is 2.41. The normalized spacial score (nSPS) is 14.3.